The van der Waals surface area contributed by atoms with Crippen LogP contribution in [0.25, 0.3) is 0 Å². The molecule has 0 unspecified atom stereocenters. The van der Waals surface area contributed by atoms with E-state index in [1.54, 1.807) is 25.3 Å². The van der Waals surface area contributed by atoms with Crippen LogP contribution in [-0.2, 0) is 19.1 Å². The van der Waals surface area contributed by atoms with Crippen molar-refractivity contribution in [3.63, 3.8) is 0 Å². The Balaban J connectivity index is 1.97. The van der Waals surface area contributed by atoms with E-state index < -0.39 is 11.9 Å². The van der Waals surface area contributed by atoms with Gasteiger partial charge in [0.25, 0.3) is 5.91 Å². The number of hydrogen-bond donors (Lipinski definition) is 1. The highest BCUT2D eigenvalue weighted by molar-refractivity contribution is 6.00. The molecule has 0 aliphatic carbocycles. The monoisotopic (exact) mass is 392 g/mol. The van der Waals surface area contributed by atoms with E-state index in [0.717, 1.165) is 12.8 Å². The van der Waals surface area contributed by atoms with Gasteiger partial charge in [0.05, 0.1) is 25.8 Å². The molecule has 1 aromatic rings. The van der Waals surface area contributed by atoms with Gasteiger partial charge in [-0.25, -0.2) is 0 Å². The Kier molecular flexibility index (Phi) is 7.66. The van der Waals surface area contributed by atoms with Gasteiger partial charge in [-0.2, -0.15) is 0 Å². The highest BCUT2D eigenvalue weighted by atomic mass is 16.5. The Morgan fingerprint density at radius 1 is 1.21 bits per heavy atom. The summed E-state index contributed by atoms with van der Waals surface area (Å²) in [5, 5.41) is 2.81. The van der Waals surface area contributed by atoms with E-state index in [1.807, 2.05) is 13.8 Å². The van der Waals surface area contributed by atoms with Crippen LogP contribution in [0.15, 0.2) is 18.2 Å². The molecule has 1 atom stereocenters. The fourth-order valence-electron chi connectivity index (χ4n) is 3.12. The second-order valence-corrected chi connectivity index (χ2v) is 6.63. The molecule has 1 saturated heterocycles. The first-order valence-electron chi connectivity index (χ1n) is 9.41. The molecule has 8 nitrogen and oxygen atoms in total. The Bertz CT molecular complexity index is 717. The van der Waals surface area contributed by atoms with Crippen molar-refractivity contribution < 1.29 is 28.6 Å². The van der Waals surface area contributed by atoms with Crippen LogP contribution in [0.2, 0.25) is 0 Å². The molecule has 1 aromatic carbocycles. The summed E-state index contributed by atoms with van der Waals surface area (Å²) in [6.45, 7) is 3.79. The number of amides is 2. The van der Waals surface area contributed by atoms with E-state index in [-0.39, 0.29) is 37.4 Å². The number of ether oxygens (including phenoxy) is 3. The zero-order chi connectivity index (χ0) is 20.7. The van der Waals surface area contributed by atoms with E-state index in [2.05, 4.69) is 5.32 Å². The summed E-state index contributed by atoms with van der Waals surface area (Å²) in [6.07, 6.45) is 1.65. The number of rotatable bonds is 9. The fourth-order valence-corrected chi connectivity index (χ4v) is 3.12. The molecule has 8 heteroatoms. The summed E-state index contributed by atoms with van der Waals surface area (Å²) in [5.74, 6) is -0.631. The van der Waals surface area contributed by atoms with Crippen LogP contribution >= 0.6 is 0 Å². The lowest BCUT2D eigenvalue weighted by atomic mass is 10.1. The van der Waals surface area contributed by atoms with Gasteiger partial charge >= 0.3 is 5.97 Å². The molecule has 2 rings (SSSR count). The van der Waals surface area contributed by atoms with Gasteiger partial charge in [0.15, 0.2) is 6.61 Å². The zero-order valence-corrected chi connectivity index (χ0v) is 16.8. The lowest BCUT2D eigenvalue weighted by Gasteiger charge is -2.20. The van der Waals surface area contributed by atoms with Gasteiger partial charge in [0.1, 0.15) is 11.5 Å². The van der Waals surface area contributed by atoms with E-state index in [1.165, 1.54) is 12.0 Å². The quantitative estimate of drug-likeness (QED) is 0.645. The van der Waals surface area contributed by atoms with Gasteiger partial charge in [-0.05, 0) is 25.0 Å². The van der Waals surface area contributed by atoms with Crippen molar-refractivity contribution in [2.75, 3.05) is 32.3 Å². The van der Waals surface area contributed by atoms with Crippen LogP contribution in [0.4, 0.5) is 5.69 Å². The molecule has 2 amide bonds. The molecular formula is C20H28N2O6. The molecule has 0 aromatic heterocycles. The number of anilines is 1. The molecule has 1 N–H and O–H groups in total. The van der Waals surface area contributed by atoms with Gasteiger partial charge in [0, 0.05) is 25.1 Å². The molecule has 0 spiro atoms. The molecule has 0 radical (unpaired) electrons. The maximum Gasteiger partial charge on any atom is 0.311 e. The average Bonchev–Trinajstić information content (AvgIpc) is 3.11. The van der Waals surface area contributed by atoms with Crippen LogP contribution in [0.5, 0.6) is 11.5 Å². The highest BCUT2D eigenvalue weighted by Gasteiger charge is 2.37. The van der Waals surface area contributed by atoms with Gasteiger partial charge in [-0.15, -0.1) is 0 Å². The molecule has 1 fully saturated rings. The number of benzene rings is 1. The molecule has 0 saturated carbocycles. The predicted octanol–water partition coefficient (Wildman–Crippen LogP) is 1.90. The Morgan fingerprint density at radius 3 is 2.54 bits per heavy atom. The maximum absolute atomic E-state index is 12.4. The van der Waals surface area contributed by atoms with Gasteiger partial charge in [-0.1, -0.05) is 13.8 Å². The Labute approximate surface area is 165 Å². The smallest absolute Gasteiger partial charge is 0.311 e. The summed E-state index contributed by atoms with van der Waals surface area (Å²) < 4.78 is 15.6. The summed E-state index contributed by atoms with van der Waals surface area (Å²) in [7, 11) is 3.05. The lowest BCUT2D eigenvalue weighted by Crippen LogP contribution is -2.37. The third-order valence-corrected chi connectivity index (χ3v) is 4.83. The van der Waals surface area contributed by atoms with Crippen LogP contribution in [0, 0.1) is 5.92 Å². The SMILES string of the molecule is CCC(CC)NC(=O)COC(=O)[C@H]1CC(=O)N(c2ccc(OC)cc2OC)C1. The summed E-state index contributed by atoms with van der Waals surface area (Å²) in [6, 6.07) is 5.18. The van der Waals surface area contributed by atoms with Gasteiger partial charge in [0.2, 0.25) is 5.91 Å². The summed E-state index contributed by atoms with van der Waals surface area (Å²) in [5.41, 5.74) is 0.565. The van der Waals surface area contributed by atoms with Crippen molar-refractivity contribution in [2.24, 2.45) is 5.92 Å². The Hall–Kier alpha value is -2.77. The van der Waals surface area contributed by atoms with Crippen molar-refractivity contribution in [1.29, 1.82) is 0 Å². The van der Waals surface area contributed by atoms with Crippen LogP contribution < -0.4 is 19.7 Å². The van der Waals surface area contributed by atoms with Crippen molar-refractivity contribution in [3.05, 3.63) is 18.2 Å². The number of nitrogens with one attached hydrogen (secondary N) is 1. The summed E-state index contributed by atoms with van der Waals surface area (Å²) >= 11 is 0. The standard InChI is InChI=1S/C20H28N2O6/c1-5-14(6-2)21-18(23)12-28-20(25)13-9-19(24)22(11-13)16-8-7-15(26-3)10-17(16)27-4/h7-8,10,13-14H,5-6,9,11-12H2,1-4H3,(H,21,23)/t13-/m0/s1. The molecule has 1 heterocycles. The van der Waals surface area contributed by atoms with Crippen molar-refractivity contribution >= 4 is 23.5 Å². The first kappa shape index (κ1) is 21.5. The number of carbonyl (C=O) groups is 3. The largest absolute Gasteiger partial charge is 0.497 e. The van der Waals surface area contributed by atoms with E-state index in [0.29, 0.717) is 17.2 Å². The second kappa shape index (κ2) is 9.96. The van der Waals surface area contributed by atoms with Gasteiger partial charge < -0.3 is 24.4 Å². The molecule has 1 aliphatic rings. The zero-order valence-electron chi connectivity index (χ0n) is 16.8. The molecular weight excluding hydrogens is 364 g/mol. The first-order chi connectivity index (χ1) is 13.4. The van der Waals surface area contributed by atoms with Gasteiger partial charge in [-0.3, -0.25) is 14.4 Å². The average molecular weight is 392 g/mol. The van der Waals surface area contributed by atoms with Crippen LogP contribution in [0.3, 0.4) is 0 Å². The maximum atomic E-state index is 12.4. The highest BCUT2D eigenvalue weighted by Crippen LogP contribution is 2.35. The third-order valence-electron chi connectivity index (χ3n) is 4.83. The van der Waals surface area contributed by atoms with E-state index in [9.17, 15) is 14.4 Å². The fraction of sp³-hybridized carbons (Fsp3) is 0.550. The molecule has 28 heavy (non-hydrogen) atoms. The minimum atomic E-state index is -0.625. The summed E-state index contributed by atoms with van der Waals surface area (Å²) in [4.78, 5) is 38.1. The number of esters is 1. The normalized spacial score (nSPS) is 16.2. The first-order valence-corrected chi connectivity index (χ1v) is 9.41. The van der Waals surface area contributed by atoms with Crippen LogP contribution in [0.1, 0.15) is 33.1 Å². The van der Waals surface area contributed by atoms with E-state index in [4.69, 9.17) is 14.2 Å². The minimum Gasteiger partial charge on any atom is -0.497 e. The topological polar surface area (TPSA) is 94.2 Å². The number of carbonyl (C=O) groups excluding carboxylic acids is 3. The van der Waals surface area contributed by atoms with Crippen molar-refractivity contribution in [1.82, 2.24) is 5.32 Å². The predicted molar refractivity (Wildman–Crippen MR) is 103 cm³/mol. The van der Waals surface area contributed by atoms with Crippen molar-refractivity contribution in [2.45, 2.75) is 39.2 Å². The second-order valence-electron chi connectivity index (χ2n) is 6.63. The molecule has 1 aliphatic heterocycles. The number of methoxy groups -OCH3 is 2. The lowest BCUT2D eigenvalue weighted by molar-refractivity contribution is -0.152. The number of nitrogens with zero attached hydrogens (tertiary/aromatic N) is 1. The minimum absolute atomic E-state index is 0.0299. The number of hydrogen-bond acceptors (Lipinski definition) is 6. The van der Waals surface area contributed by atoms with E-state index >= 15 is 0 Å². The third kappa shape index (κ3) is 5.15. The Morgan fingerprint density at radius 2 is 1.93 bits per heavy atom. The van der Waals surface area contributed by atoms with Crippen molar-refractivity contribution in [3.8, 4) is 11.5 Å². The molecule has 154 valence electrons. The molecule has 0 bridgehead atoms. The van der Waals surface area contributed by atoms with Crippen LogP contribution in [-0.4, -0.2) is 51.2 Å².